The van der Waals surface area contributed by atoms with Crippen molar-refractivity contribution in [3.05, 3.63) is 47.0 Å². The van der Waals surface area contributed by atoms with Crippen molar-refractivity contribution in [3.63, 3.8) is 0 Å². The van der Waals surface area contributed by atoms with E-state index >= 15 is 0 Å². The first-order valence-electron chi connectivity index (χ1n) is 8.60. The molecule has 0 bridgehead atoms. The minimum absolute atomic E-state index is 0.189. The van der Waals surface area contributed by atoms with Crippen LogP contribution in [0.5, 0.6) is 0 Å². The SMILES string of the molecule is O=c1[nH]c2ncc(-c3cnc4[nH]cc(F)c4c3)cc2n1C[C@H]1COCCO1. The maximum atomic E-state index is 13.9. The number of fused-ring (bicyclic) bond motifs is 2. The van der Waals surface area contributed by atoms with Crippen LogP contribution < -0.4 is 5.69 Å². The third-order valence-electron chi connectivity index (χ3n) is 4.71. The van der Waals surface area contributed by atoms with Crippen molar-refractivity contribution >= 4 is 22.2 Å². The molecule has 1 aliphatic heterocycles. The molecule has 0 unspecified atom stereocenters. The van der Waals surface area contributed by atoms with E-state index in [0.29, 0.717) is 54.1 Å². The van der Waals surface area contributed by atoms with E-state index in [1.165, 1.54) is 6.20 Å². The fraction of sp³-hybridized carbons (Fsp3) is 0.278. The zero-order valence-corrected chi connectivity index (χ0v) is 14.2. The van der Waals surface area contributed by atoms with Crippen LogP contribution in [-0.4, -0.2) is 50.4 Å². The lowest BCUT2D eigenvalue weighted by molar-refractivity contribution is -0.0934. The zero-order chi connectivity index (χ0) is 18.4. The summed E-state index contributed by atoms with van der Waals surface area (Å²) in [5, 5.41) is 0.409. The first-order valence-corrected chi connectivity index (χ1v) is 8.60. The van der Waals surface area contributed by atoms with E-state index in [0.717, 1.165) is 5.56 Å². The zero-order valence-electron chi connectivity index (χ0n) is 14.2. The summed E-state index contributed by atoms with van der Waals surface area (Å²) in [7, 11) is 0. The van der Waals surface area contributed by atoms with Gasteiger partial charge in [-0.15, -0.1) is 0 Å². The molecule has 0 saturated carbocycles. The van der Waals surface area contributed by atoms with E-state index in [4.69, 9.17) is 9.47 Å². The van der Waals surface area contributed by atoms with Gasteiger partial charge in [-0.05, 0) is 12.1 Å². The van der Waals surface area contributed by atoms with Gasteiger partial charge >= 0.3 is 5.69 Å². The predicted molar refractivity (Wildman–Crippen MR) is 96.0 cm³/mol. The van der Waals surface area contributed by atoms with Crippen LogP contribution in [0.25, 0.3) is 33.3 Å². The summed E-state index contributed by atoms with van der Waals surface area (Å²) < 4.78 is 26.5. The number of aromatic amines is 2. The van der Waals surface area contributed by atoms with E-state index in [1.807, 2.05) is 6.07 Å². The number of imidazole rings is 1. The highest BCUT2D eigenvalue weighted by Crippen LogP contribution is 2.25. The van der Waals surface area contributed by atoms with Crippen LogP contribution in [-0.2, 0) is 16.0 Å². The number of nitrogens with zero attached hydrogens (tertiary/aromatic N) is 3. The molecule has 8 nitrogen and oxygen atoms in total. The minimum atomic E-state index is -0.360. The van der Waals surface area contributed by atoms with Crippen molar-refractivity contribution in [3.8, 4) is 11.1 Å². The van der Waals surface area contributed by atoms with Crippen molar-refractivity contribution < 1.29 is 13.9 Å². The van der Waals surface area contributed by atoms with E-state index in [-0.39, 0.29) is 17.6 Å². The molecule has 5 rings (SSSR count). The molecular weight excluding hydrogens is 353 g/mol. The Morgan fingerprint density at radius 2 is 2.00 bits per heavy atom. The third kappa shape index (κ3) is 2.81. The molecular formula is C18H16FN5O3. The molecule has 0 aliphatic carbocycles. The lowest BCUT2D eigenvalue weighted by Crippen LogP contribution is -2.34. The van der Waals surface area contributed by atoms with Gasteiger partial charge in [0.05, 0.1) is 43.4 Å². The molecule has 1 fully saturated rings. The van der Waals surface area contributed by atoms with Crippen molar-refractivity contribution in [1.82, 2.24) is 24.5 Å². The smallest absolute Gasteiger partial charge is 0.327 e. The summed E-state index contributed by atoms with van der Waals surface area (Å²) in [6, 6.07) is 3.56. The number of pyridine rings is 2. The van der Waals surface area contributed by atoms with Gasteiger partial charge in [-0.1, -0.05) is 0 Å². The van der Waals surface area contributed by atoms with E-state index in [1.54, 1.807) is 23.0 Å². The molecule has 1 atom stereocenters. The number of hydrogen-bond donors (Lipinski definition) is 2. The summed E-state index contributed by atoms with van der Waals surface area (Å²) in [6.45, 7) is 1.89. The topological polar surface area (TPSA) is 97.8 Å². The van der Waals surface area contributed by atoms with E-state index in [9.17, 15) is 9.18 Å². The molecule has 4 aromatic heterocycles. The van der Waals surface area contributed by atoms with Gasteiger partial charge in [0, 0.05) is 29.7 Å². The Bertz CT molecular complexity index is 1190. The van der Waals surface area contributed by atoms with Crippen molar-refractivity contribution in [2.24, 2.45) is 0 Å². The maximum absolute atomic E-state index is 13.9. The molecule has 1 aliphatic rings. The number of ether oxygens (including phenoxy) is 2. The number of aromatic nitrogens is 5. The first-order chi connectivity index (χ1) is 13.2. The molecule has 5 heterocycles. The molecule has 27 heavy (non-hydrogen) atoms. The van der Waals surface area contributed by atoms with Crippen LogP contribution >= 0.6 is 0 Å². The second kappa shape index (κ2) is 6.29. The Morgan fingerprint density at radius 1 is 1.19 bits per heavy atom. The fourth-order valence-electron chi connectivity index (χ4n) is 3.35. The van der Waals surface area contributed by atoms with Crippen LogP contribution in [0.1, 0.15) is 0 Å². The van der Waals surface area contributed by atoms with Crippen LogP contribution in [0.3, 0.4) is 0 Å². The second-order valence-corrected chi connectivity index (χ2v) is 6.46. The van der Waals surface area contributed by atoms with Gasteiger partial charge in [0.15, 0.2) is 5.65 Å². The average molecular weight is 369 g/mol. The van der Waals surface area contributed by atoms with Crippen LogP contribution in [0, 0.1) is 5.82 Å². The molecule has 138 valence electrons. The number of rotatable bonds is 3. The number of nitrogens with one attached hydrogen (secondary N) is 2. The summed E-state index contributed by atoms with van der Waals surface area (Å²) in [6.07, 6.45) is 4.37. The third-order valence-corrected chi connectivity index (χ3v) is 4.71. The van der Waals surface area contributed by atoms with Gasteiger partial charge < -0.3 is 14.5 Å². The Balaban J connectivity index is 1.58. The number of H-pyrrole nitrogens is 2. The Hall–Kier alpha value is -3.04. The summed E-state index contributed by atoms with van der Waals surface area (Å²) in [4.78, 5) is 26.5. The van der Waals surface area contributed by atoms with Crippen LogP contribution in [0.4, 0.5) is 4.39 Å². The summed E-state index contributed by atoms with van der Waals surface area (Å²) in [5.41, 5.74) is 2.83. The van der Waals surface area contributed by atoms with Crippen LogP contribution in [0.2, 0.25) is 0 Å². The average Bonchev–Trinajstić information content (AvgIpc) is 3.22. The van der Waals surface area contributed by atoms with Gasteiger partial charge in [0.1, 0.15) is 11.5 Å². The maximum Gasteiger partial charge on any atom is 0.327 e. The van der Waals surface area contributed by atoms with Gasteiger partial charge in [-0.3, -0.25) is 9.55 Å². The van der Waals surface area contributed by atoms with Gasteiger partial charge in [-0.2, -0.15) is 0 Å². The molecule has 0 amide bonds. The molecule has 4 aromatic rings. The molecule has 1 saturated heterocycles. The van der Waals surface area contributed by atoms with E-state index < -0.39 is 0 Å². The van der Waals surface area contributed by atoms with E-state index in [2.05, 4.69) is 19.9 Å². The largest absolute Gasteiger partial charge is 0.376 e. The first kappa shape index (κ1) is 16.2. The fourth-order valence-corrected chi connectivity index (χ4v) is 3.35. The summed E-state index contributed by atoms with van der Waals surface area (Å²) in [5.74, 6) is -0.360. The normalized spacial score (nSPS) is 17.7. The van der Waals surface area contributed by atoms with Crippen molar-refractivity contribution in [2.75, 3.05) is 19.8 Å². The highest BCUT2D eigenvalue weighted by molar-refractivity contribution is 5.84. The number of hydrogen-bond acceptors (Lipinski definition) is 5. The molecule has 0 aromatic carbocycles. The van der Waals surface area contributed by atoms with Crippen molar-refractivity contribution in [2.45, 2.75) is 12.6 Å². The quantitative estimate of drug-likeness (QED) is 0.574. The second-order valence-electron chi connectivity index (χ2n) is 6.46. The summed E-state index contributed by atoms with van der Waals surface area (Å²) >= 11 is 0. The monoisotopic (exact) mass is 369 g/mol. The lowest BCUT2D eigenvalue weighted by atomic mass is 10.1. The Labute approximate surface area is 152 Å². The van der Waals surface area contributed by atoms with Gasteiger partial charge in [0.2, 0.25) is 0 Å². The van der Waals surface area contributed by atoms with Crippen LogP contribution in [0.15, 0.2) is 35.5 Å². The standard InChI is InChI=1S/C18H16FN5O3/c19-14-7-22-16-13(14)3-10(5-20-16)11-4-15-17(21-6-11)23-18(25)24(15)8-12-9-26-1-2-27-12/h3-7,12H,1-2,8-9H2,(H,20,22)(H,21,23,25)/t12-/m0/s1. The van der Waals surface area contributed by atoms with Crippen molar-refractivity contribution in [1.29, 1.82) is 0 Å². The Morgan fingerprint density at radius 3 is 2.81 bits per heavy atom. The Kier molecular flexibility index (Phi) is 3.76. The molecule has 2 N–H and O–H groups in total. The van der Waals surface area contributed by atoms with Gasteiger partial charge in [0.25, 0.3) is 0 Å². The highest BCUT2D eigenvalue weighted by Gasteiger charge is 2.18. The highest BCUT2D eigenvalue weighted by atomic mass is 19.1. The molecule has 0 spiro atoms. The molecule has 0 radical (unpaired) electrons. The molecule has 9 heteroatoms. The van der Waals surface area contributed by atoms with Gasteiger partial charge in [-0.25, -0.2) is 19.2 Å². The number of halogens is 1. The predicted octanol–water partition coefficient (Wildman–Crippen LogP) is 1.82. The minimum Gasteiger partial charge on any atom is -0.376 e. The lowest BCUT2D eigenvalue weighted by Gasteiger charge is -2.23.